The van der Waals surface area contributed by atoms with Crippen molar-refractivity contribution in [2.75, 3.05) is 19.6 Å². The molecule has 2 rings (SSSR count). The number of hydrogen-bond acceptors (Lipinski definition) is 2. The summed E-state index contributed by atoms with van der Waals surface area (Å²) in [7, 11) is 0. The molecule has 0 heterocycles. The summed E-state index contributed by atoms with van der Waals surface area (Å²) in [5.41, 5.74) is 0.564. The second kappa shape index (κ2) is 6.50. The molecule has 0 atom stereocenters. The van der Waals surface area contributed by atoms with Crippen LogP contribution in [0, 0.1) is 5.82 Å². The molecular weight excluding hydrogens is 251 g/mol. The molecule has 2 nitrogen and oxygen atoms in total. The fraction of sp³-hybridized carbons (Fsp3) is 0.571. The van der Waals surface area contributed by atoms with Gasteiger partial charge in [-0.25, -0.2) is 4.39 Å². The number of benzene rings is 1. The first-order valence-electron chi connectivity index (χ1n) is 6.60. The molecule has 0 bridgehead atoms. The highest BCUT2D eigenvalue weighted by Crippen LogP contribution is 2.25. The van der Waals surface area contributed by atoms with Crippen molar-refractivity contribution in [2.45, 2.75) is 32.4 Å². The third-order valence-corrected chi connectivity index (χ3v) is 3.76. The minimum atomic E-state index is -0.232. The summed E-state index contributed by atoms with van der Waals surface area (Å²) in [6.45, 7) is 5.66. The van der Waals surface area contributed by atoms with Crippen molar-refractivity contribution >= 4 is 11.6 Å². The molecule has 1 aromatic carbocycles. The highest BCUT2D eigenvalue weighted by atomic mass is 35.5. The van der Waals surface area contributed by atoms with Gasteiger partial charge in [-0.1, -0.05) is 24.6 Å². The van der Waals surface area contributed by atoms with Gasteiger partial charge in [-0.3, -0.25) is 4.90 Å². The molecule has 0 spiro atoms. The first-order chi connectivity index (χ1) is 8.72. The Labute approximate surface area is 113 Å². The lowest BCUT2D eigenvalue weighted by Gasteiger charge is -2.19. The molecule has 1 N–H and O–H groups in total. The van der Waals surface area contributed by atoms with Crippen molar-refractivity contribution in [3.8, 4) is 0 Å². The van der Waals surface area contributed by atoms with Gasteiger partial charge in [0.2, 0.25) is 0 Å². The minimum Gasteiger partial charge on any atom is -0.311 e. The summed E-state index contributed by atoms with van der Waals surface area (Å²) >= 11 is 5.97. The Bertz CT molecular complexity index is 373. The molecule has 0 radical (unpaired) electrons. The van der Waals surface area contributed by atoms with E-state index in [2.05, 4.69) is 17.1 Å². The average molecular weight is 271 g/mol. The van der Waals surface area contributed by atoms with Gasteiger partial charge < -0.3 is 5.32 Å². The normalized spacial score (nSPS) is 15.3. The van der Waals surface area contributed by atoms with Gasteiger partial charge >= 0.3 is 0 Å². The van der Waals surface area contributed by atoms with Gasteiger partial charge in [-0.2, -0.15) is 0 Å². The van der Waals surface area contributed by atoms with Crippen LogP contribution in [-0.4, -0.2) is 30.6 Å². The van der Waals surface area contributed by atoms with E-state index in [1.165, 1.54) is 18.9 Å². The maximum atomic E-state index is 13.5. The Morgan fingerprint density at radius 2 is 2.22 bits per heavy atom. The molecule has 1 aliphatic rings. The van der Waals surface area contributed by atoms with Gasteiger partial charge in [0.1, 0.15) is 5.82 Å². The van der Waals surface area contributed by atoms with Gasteiger partial charge in [0, 0.05) is 36.3 Å². The van der Waals surface area contributed by atoms with Crippen LogP contribution in [0.25, 0.3) is 0 Å². The summed E-state index contributed by atoms with van der Waals surface area (Å²) in [4.78, 5) is 2.47. The maximum Gasteiger partial charge on any atom is 0.129 e. The maximum absolute atomic E-state index is 13.5. The molecule has 1 aliphatic carbocycles. The second-order valence-corrected chi connectivity index (χ2v) is 5.14. The number of nitrogens with one attached hydrogen (secondary N) is 1. The first kappa shape index (κ1) is 13.8. The van der Waals surface area contributed by atoms with Gasteiger partial charge in [-0.15, -0.1) is 0 Å². The lowest BCUT2D eigenvalue weighted by atomic mass is 10.2. The van der Waals surface area contributed by atoms with Crippen LogP contribution in [0.3, 0.4) is 0 Å². The van der Waals surface area contributed by atoms with Crippen LogP contribution in [0.15, 0.2) is 18.2 Å². The van der Waals surface area contributed by atoms with Gasteiger partial charge in [0.15, 0.2) is 0 Å². The van der Waals surface area contributed by atoms with E-state index in [-0.39, 0.29) is 5.82 Å². The van der Waals surface area contributed by atoms with Gasteiger partial charge in [-0.05, 0) is 31.5 Å². The van der Waals surface area contributed by atoms with Crippen LogP contribution >= 0.6 is 11.6 Å². The van der Waals surface area contributed by atoms with Crippen LogP contribution in [-0.2, 0) is 6.54 Å². The van der Waals surface area contributed by atoms with Crippen molar-refractivity contribution in [3.63, 3.8) is 0 Å². The summed E-state index contributed by atoms with van der Waals surface area (Å²) in [5, 5.41) is 3.76. The number of rotatable bonds is 7. The molecule has 0 aromatic heterocycles. The number of likely N-dealkylation sites (N-methyl/N-ethyl adjacent to an activating group) is 1. The van der Waals surface area contributed by atoms with E-state index in [1.54, 1.807) is 12.1 Å². The smallest absolute Gasteiger partial charge is 0.129 e. The quantitative estimate of drug-likeness (QED) is 0.766. The third kappa shape index (κ3) is 3.67. The summed E-state index contributed by atoms with van der Waals surface area (Å²) in [6.07, 6.45) is 2.65. The fourth-order valence-electron chi connectivity index (χ4n) is 2.18. The Hall–Kier alpha value is -0.640. The van der Waals surface area contributed by atoms with Gasteiger partial charge in [0.25, 0.3) is 0 Å². The van der Waals surface area contributed by atoms with E-state index in [4.69, 9.17) is 11.6 Å². The Balaban J connectivity index is 1.74. The molecule has 0 aliphatic heterocycles. The number of nitrogens with zero attached hydrogens (tertiary/aromatic N) is 1. The zero-order valence-electron chi connectivity index (χ0n) is 10.8. The monoisotopic (exact) mass is 270 g/mol. The predicted octanol–water partition coefficient (Wildman–Crippen LogP) is 3.05. The molecule has 1 fully saturated rings. The lowest BCUT2D eigenvalue weighted by Crippen LogP contribution is -2.33. The predicted molar refractivity (Wildman–Crippen MR) is 73.4 cm³/mol. The first-order valence-corrected chi connectivity index (χ1v) is 6.97. The van der Waals surface area contributed by atoms with Crippen molar-refractivity contribution in [2.24, 2.45) is 0 Å². The van der Waals surface area contributed by atoms with Crippen molar-refractivity contribution in [1.82, 2.24) is 10.2 Å². The van der Waals surface area contributed by atoms with Crippen molar-refractivity contribution in [3.05, 3.63) is 34.6 Å². The zero-order chi connectivity index (χ0) is 13.0. The van der Waals surface area contributed by atoms with E-state index in [1.807, 2.05) is 0 Å². The molecule has 1 aromatic rings. The van der Waals surface area contributed by atoms with Crippen LogP contribution < -0.4 is 5.32 Å². The lowest BCUT2D eigenvalue weighted by molar-refractivity contribution is 0.276. The van der Waals surface area contributed by atoms with Crippen LogP contribution in [0.1, 0.15) is 25.3 Å². The van der Waals surface area contributed by atoms with Gasteiger partial charge in [0.05, 0.1) is 0 Å². The standard InChI is InChI=1S/C14H20ClFN2/c1-2-18(11-6-7-11)9-8-17-10-12-13(15)4-3-5-14(12)16/h3-5,11,17H,2,6-10H2,1H3. The number of halogens is 2. The van der Waals surface area contributed by atoms with Crippen LogP contribution in [0.5, 0.6) is 0 Å². The molecular formula is C14H20ClFN2. The molecule has 18 heavy (non-hydrogen) atoms. The Morgan fingerprint density at radius 1 is 1.44 bits per heavy atom. The third-order valence-electron chi connectivity index (χ3n) is 3.41. The largest absolute Gasteiger partial charge is 0.311 e. The number of hydrogen-bond donors (Lipinski definition) is 1. The summed E-state index contributed by atoms with van der Waals surface area (Å²) in [6, 6.07) is 5.59. The summed E-state index contributed by atoms with van der Waals surface area (Å²) in [5.74, 6) is -0.232. The minimum absolute atomic E-state index is 0.232. The topological polar surface area (TPSA) is 15.3 Å². The molecule has 1 saturated carbocycles. The highest BCUT2D eigenvalue weighted by molar-refractivity contribution is 6.31. The average Bonchev–Trinajstić information content (AvgIpc) is 3.16. The molecule has 0 unspecified atom stereocenters. The molecule has 0 saturated heterocycles. The molecule has 0 amide bonds. The van der Waals surface area contributed by atoms with Crippen LogP contribution in [0.2, 0.25) is 5.02 Å². The second-order valence-electron chi connectivity index (χ2n) is 4.74. The molecule has 100 valence electrons. The van der Waals surface area contributed by atoms with E-state index < -0.39 is 0 Å². The van der Waals surface area contributed by atoms with E-state index in [0.29, 0.717) is 17.1 Å². The van der Waals surface area contributed by atoms with Crippen molar-refractivity contribution in [1.29, 1.82) is 0 Å². The SMILES string of the molecule is CCN(CCNCc1c(F)cccc1Cl)C1CC1. The molecule has 4 heteroatoms. The Morgan fingerprint density at radius 3 is 2.83 bits per heavy atom. The van der Waals surface area contributed by atoms with E-state index in [0.717, 1.165) is 25.7 Å². The Kier molecular flexibility index (Phi) is 4.98. The summed E-state index contributed by atoms with van der Waals surface area (Å²) < 4.78 is 13.5. The van der Waals surface area contributed by atoms with Crippen molar-refractivity contribution < 1.29 is 4.39 Å². The highest BCUT2D eigenvalue weighted by Gasteiger charge is 2.26. The van der Waals surface area contributed by atoms with Crippen LogP contribution in [0.4, 0.5) is 4.39 Å². The van der Waals surface area contributed by atoms with E-state index in [9.17, 15) is 4.39 Å². The fourth-order valence-corrected chi connectivity index (χ4v) is 2.41. The van der Waals surface area contributed by atoms with E-state index >= 15 is 0 Å². The zero-order valence-corrected chi connectivity index (χ0v) is 11.5.